The van der Waals surface area contributed by atoms with Gasteiger partial charge in [-0.15, -0.1) is 0 Å². The average Bonchev–Trinajstić information content (AvgIpc) is 2.67. The van der Waals surface area contributed by atoms with Gasteiger partial charge in [0.25, 0.3) is 0 Å². The molecule has 1 N–H and O–H groups in total. The Balaban J connectivity index is 2.03. The number of rotatable bonds is 9. The van der Waals surface area contributed by atoms with E-state index >= 15 is 0 Å². The molecule has 1 amide bonds. The van der Waals surface area contributed by atoms with E-state index in [0.717, 1.165) is 29.0 Å². The number of nitrogens with one attached hydrogen (secondary N) is 1. The smallest absolute Gasteiger partial charge is 0.338 e. The normalized spacial score (nSPS) is 11.0. The minimum absolute atomic E-state index is 0.358. The van der Waals surface area contributed by atoms with Crippen molar-refractivity contribution in [2.75, 3.05) is 29.0 Å². The van der Waals surface area contributed by atoms with Crippen molar-refractivity contribution in [3.8, 4) is 0 Å². The van der Waals surface area contributed by atoms with Crippen LogP contribution in [0.2, 0.25) is 0 Å². The number of anilines is 2. The molecule has 7 nitrogen and oxygen atoms in total. The van der Waals surface area contributed by atoms with E-state index in [0.29, 0.717) is 23.5 Å². The van der Waals surface area contributed by atoms with Gasteiger partial charge in [0.15, 0.2) is 0 Å². The maximum Gasteiger partial charge on any atom is 0.338 e. The minimum atomic E-state index is -3.64. The van der Waals surface area contributed by atoms with Gasteiger partial charge in [0, 0.05) is 5.69 Å². The SMILES string of the molecule is CCCCOC(=O)c1ccc(NC(=O)CN(c2ccc(C)cc2)S(C)(=O)=O)cc1. The van der Waals surface area contributed by atoms with E-state index in [1.54, 1.807) is 48.5 Å². The summed E-state index contributed by atoms with van der Waals surface area (Å²) < 4.78 is 30.4. The fourth-order valence-electron chi connectivity index (χ4n) is 2.52. The number of ether oxygens (including phenoxy) is 1. The molecule has 0 aliphatic rings. The van der Waals surface area contributed by atoms with Crippen molar-refractivity contribution in [1.82, 2.24) is 0 Å². The Hall–Kier alpha value is -2.87. The molecule has 2 aromatic carbocycles. The number of hydrogen-bond acceptors (Lipinski definition) is 5. The molecule has 0 aliphatic carbocycles. The molecule has 0 fully saturated rings. The third-order valence-corrected chi connectivity index (χ3v) is 5.29. The van der Waals surface area contributed by atoms with Crippen LogP contribution in [0.3, 0.4) is 0 Å². The number of benzene rings is 2. The summed E-state index contributed by atoms with van der Waals surface area (Å²) in [6, 6.07) is 13.1. The molecule has 0 saturated heterocycles. The second-order valence-electron chi connectivity index (χ2n) is 6.72. The van der Waals surface area contributed by atoms with E-state index in [-0.39, 0.29) is 6.54 Å². The molecule has 29 heavy (non-hydrogen) atoms. The van der Waals surface area contributed by atoms with Gasteiger partial charge in [-0.05, 0) is 49.7 Å². The fourth-order valence-corrected chi connectivity index (χ4v) is 3.38. The third kappa shape index (κ3) is 6.90. The van der Waals surface area contributed by atoms with Gasteiger partial charge in [0.1, 0.15) is 6.54 Å². The largest absolute Gasteiger partial charge is 0.462 e. The summed E-state index contributed by atoms with van der Waals surface area (Å²) in [5, 5.41) is 2.65. The van der Waals surface area contributed by atoms with Crippen molar-refractivity contribution >= 4 is 33.3 Å². The molecule has 8 heteroatoms. The molecule has 0 bridgehead atoms. The van der Waals surface area contributed by atoms with Crippen LogP contribution in [-0.2, 0) is 19.6 Å². The highest BCUT2D eigenvalue weighted by Gasteiger charge is 2.21. The van der Waals surface area contributed by atoms with Crippen LogP contribution >= 0.6 is 0 Å². The molecule has 0 aromatic heterocycles. The number of nitrogens with zero attached hydrogens (tertiary/aromatic N) is 1. The number of hydrogen-bond donors (Lipinski definition) is 1. The Morgan fingerprint density at radius 3 is 2.21 bits per heavy atom. The van der Waals surface area contributed by atoms with Gasteiger partial charge in [0.05, 0.1) is 24.1 Å². The van der Waals surface area contributed by atoms with Gasteiger partial charge in [0.2, 0.25) is 15.9 Å². The first-order valence-corrected chi connectivity index (χ1v) is 11.2. The molecule has 0 radical (unpaired) electrons. The van der Waals surface area contributed by atoms with Crippen molar-refractivity contribution in [1.29, 1.82) is 0 Å². The highest BCUT2D eigenvalue weighted by molar-refractivity contribution is 7.92. The molecule has 2 rings (SSSR count). The summed E-state index contributed by atoms with van der Waals surface area (Å²) in [4.78, 5) is 24.3. The average molecular weight is 419 g/mol. The Morgan fingerprint density at radius 1 is 1.03 bits per heavy atom. The predicted molar refractivity (Wildman–Crippen MR) is 114 cm³/mol. The first-order valence-electron chi connectivity index (χ1n) is 9.32. The third-order valence-electron chi connectivity index (χ3n) is 4.14. The van der Waals surface area contributed by atoms with E-state index < -0.39 is 21.9 Å². The molecular formula is C21H26N2O5S. The quantitative estimate of drug-likeness (QED) is 0.498. The molecule has 0 atom stereocenters. The van der Waals surface area contributed by atoms with Gasteiger partial charge < -0.3 is 10.1 Å². The molecule has 0 spiro atoms. The van der Waals surface area contributed by atoms with Crippen LogP contribution in [-0.4, -0.2) is 39.7 Å². The van der Waals surface area contributed by atoms with Gasteiger partial charge in [-0.2, -0.15) is 0 Å². The first kappa shape index (κ1) is 22.4. The summed E-state index contributed by atoms with van der Waals surface area (Å²) >= 11 is 0. The van der Waals surface area contributed by atoms with E-state index in [4.69, 9.17) is 4.74 Å². The van der Waals surface area contributed by atoms with Crippen molar-refractivity contribution in [2.24, 2.45) is 0 Å². The highest BCUT2D eigenvalue weighted by atomic mass is 32.2. The van der Waals surface area contributed by atoms with Crippen LogP contribution in [0, 0.1) is 6.92 Å². The Kier molecular flexibility index (Phi) is 7.78. The van der Waals surface area contributed by atoms with Crippen molar-refractivity contribution in [3.05, 3.63) is 59.7 Å². The van der Waals surface area contributed by atoms with Gasteiger partial charge in [-0.1, -0.05) is 31.0 Å². The molecule has 156 valence electrons. The number of aryl methyl sites for hydroxylation is 1. The molecule has 0 saturated carbocycles. The lowest BCUT2D eigenvalue weighted by molar-refractivity contribution is -0.114. The number of carbonyl (C=O) groups excluding carboxylic acids is 2. The standard InChI is InChI=1S/C21H26N2O5S/c1-4-5-14-28-21(25)17-8-10-18(11-9-17)22-20(24)15-23(29(3,26)27)19-12-6-16(2)7-13-19/h6-13H,4-5,14-15H2,1-3H3,(H,22,24). The molecule has 0 heterocycles. The van der Waals surface area contributed by atoms with Gasteiger partial charge in [-0.25, -0.2) is 13.2 Å². The van der Waals surface area contributed by atoms with Gasteiger partial charge >= 0.3 is 5.97 Å². The van der Waals surface area contributed by atoms with E-state index in [9.17, 15) is 18.0 Å². The monoisotopic (exact) mass is 418 g/mol. The summed E-state index contributed by atoms with van der Waals surface area (Å²) in [5.74, 6) is -0.909. The second kappa shape index (κ2) is 10.1. The number of unbranched alkanes of at least 4 members (excludes halogenated alkanes) is 1. The zero-order chi connectivity index (χ0) is 21.4. The lowest BCUT2D eigenvalue weighted by Gasteiger charge is -2.22. The van der Waals surface area contributed by atoms with Crippen molar-refractivity contribution in [2.45, 2.75) is 26.7 Å². The van der Waals surface area contributed by atoms with E-state index in [1.165, 1.54) is 0 Å². The van der Waals surface area contributed by atoms with Gasteiger partial charge in [-0.3, -0.25) is 9.10 Å². The van der Waals surface area contributed by atoms with Crippen LogP contribution in [0.5, 0.6) is 0 Å². The lowest BCUT2D eigenvalue weighted by atomic mass is 10.2. The predicted octanol–water partition coefficient (Wildman–Crippen LogP) is 3.36. The Labute approximate surface area is 171 Å². The number of esters is 1. The van der Waals surface area contributed by atoms with E-state index in [2.05, 4.69) is 5.32 Å². The topological polar surface area (TPSA) is 92.8 Å². The van der Waals surface area contributed by atoms with Crippen LogP contribution in [0.1, 0.15) is 35.7 Å². The number of sulfonamides is 1. The summed E-state index contributed by atoms with van der Waals surface area (Å²) in [6.07, 6.45) is 2.79. The van der Waals surface area contributed by atoms with E-state index in [1.807, 2.05) is 13.8 Å². The van der Waals surface area contributed by atoms with Crippen LogP contribution in [0.4, 0.5) is 11.4 Å². The lowest BCUT2D eigenvalue weighted by Crippen LogP contribution is -2.37. The maximum atomic E-state index is 12.4. The van der Waals surface area contributed by atoms with Crippen molar-refractivity contribution in [3.63, 3.8) is 0 Å². The summed E-state index contributed by atoms with van der Waals surface area (Å²) in [5.41, 5.74) is 2.24. The maximum absolute atomic E-state index is 12.4. The fraction of sp³-hybridized carbons (Fsp3) is 0.333. The Morgan fingerprint density at radius 2 is 1.66 bits per heavy atom. The molecule has 0 unspecified atom stereocenters. The molecule has 0 aliphatic heterocycles. The molecule has 2 aromatic rings. The summed E-state index contributed by atoms with van der Waals surface area (Å²) in [6.45, 7) is 3.91. The Bertz CT molecular complexity index is 938. The van der Waals surface area contributed by atoms with Crippen LogP contribution < -0.4 is 9.62 Å². The minimum Gasteiger partial charge on any atom is -0.462 e. The number of amides is 1. The second-order valence-corrected chi connectivity index (χ2v) is 8.63. The zero-order valence-corrected chi connectivity index (χ0v) is 17.7. The highest BCUT2D eigenvalue weighted by Crippen LogP contribution is 2.18. The first-order chi connectivity index (χ1) is 13.7. The molecular weight excluding hydrogens is 392 g/mol. The summed E-state index contributed by atoms with van der Waals surface area (Å²) in [7, 11) is -3.64. The van der Waals surface area contributed by atoms with Crippen LogP contribution in [0.25, 0.3) is 0 Å². The van der Waals surface area contributed by atoms with Crippen LogP contribution in [0.15, 0.2) is 48.5 Å². The number of carbonyl (C=O) groups is 2. The van der Waals surface area contributed by atoms with Crippen molar-refractivity contribution < 1.29 is 22.7 Å². The zero-order valence-electron chi connectivity index (χ0n) is 16.8.